The number of hydrogen-bond donors (Lipinski definition) is 3. The van der Waals surface area contributed by atoms with Crippen LogP contribution in [0.25, 0.3) is 0 Å². The molecule has 0 spiro atoms. The molecule has 0 aromatic carbocycles. The van der Waals surface area contributed by atoms with Gasteiger partial charge in [-0.2, -0.15) is 13.2 Å². The topological polar surface area (TPSA) is 61.4 Å². The number of rotatable bonds is 7. The van der Waals surface area contributed by atoms with Crippen LogP contribution in [0.1, 0.15) is 33.1 Å². The molecule has 0 aromatic heterocycles. The normalized spacial score (nSPS) is 12.3. The highest BCUT2D eigenvalue weighted by atomic mass is 19.4. The molecule has 3 N–H and O–H groups in total. The minimum atomic E-state index is -4.41. The second-order valence-corrected chi connectivity index (χ2v) is 4.33. The van der Waals surface area contributed by atoms with Crippen molar-refractivity contribution in [1.82, 2.24) is 10.6 Å². The van der Waals surface area contributed by atoms with E-state index in [1.54, 1.807) is 5.32 Å². The summed E-state index contributed by atoms with van der Waals surface area (Å²) in [6, 6.07) is -0.837. The quantitative estimate of drug-likeness (QED) is 0.663. The third kappa shape index (κ3) is 6.68. The molecule has 0 aliphatic carbocycles. The van der Waals surface area contributed by atoms with Crippen LogP contribution < -0.4 is 10.6 Å². The highest BCUT2D eigenvalue weighted by molar-refractivity contribution is 5.73. The van der Waals surface area contributed by atoms with Gasteiger partial charge in [0.25, 0.3) is 0 Å². The van der Waals surface area contributed by atoms with Crippen molar-refractivity contribution in [3.63, 3.8) is 0 Å². The monoisotopic (exact) mass is 270 g/mol. The number of aliphatic hydroxyl groups excluding tert-OH is 1. The van der Waals surface area contributed by atoms with Gasteiger partial charge in [0.15, 0.2) is 0 Å². The summed E-state index contributed by atoms with van der Waals surface area (Å²) in [5, 5.41) is 13.1. The largest absolute Gasteiger partial charge is 0.405 e. The van der Waals surface area contributed by atoms with E-state index in [1.165, 1.54) is 0 Å². The summed E-state index contributed by atoms with van der Waals surface area (Å²) in [5.41, 5.74) is -0.260. The van der Waals surface area contributed by atoms with E-state index in [0.717, 1.165) is 12.8 Å². The van der Waals surface area contributed by atoms with Crippen LogP contribution >= 0.6 is 0 Å². The third-order valence-corrected chi connectivity index (χ3v) is 3.22. The lowest BCUT2D eigenvalue weighted by molar-refractivity contribution is -0.122. The van der Waals surface area contributed by atoms with Crippen molar-refractivity contribution < 1.29 is 23.1 Å². The lowest BCUT2D eigenvalue weighted by Crippen LogP contribution is -2.45. The van der Waals surface area contributed by atoms with Crippen LogP contribution in [0.5, 0.6) is 0 Å². The Labute approximate surface area is 105 Å². The molecule has 0 fully saturated rings. The lowest BCUT2D eigenvalue weighted by atomic mass is 9.79. The van der Waals surface area contributed by atoms with E-state index in [1.807, 2.05) is 13.8 Å². The number of carbonyl (C=O) groups excluding carboxylic acids is 1. The summed E-state index contributed by atoms with van der Waals surface area (Å²) < 4.78 is 35.6. The molecule has 18 heavy (non-hydrogen) atoms. The van der Waals surface area contributed by atoms with E-state index in [4.69, 9.17) is 5.11 Å². The number of aliphatic hydroxyl groups is 1. The predicted octanol–water partition coefficient (Wildman–Crippen LogP) is 2.04. The summed E-state index contributed by atoms with van der Waals surface area (Å²) in [4.78, 5) is 11.2. The fourth-order valence-electron chi connectivity index (χ4n) is 1.69. The minimum Gasteiger partial charge on any atom is -0.396 e. The standard InChI is InChI=1S/C11H21F3N2O2/c1-3-10(4-2,5-6-17)7-15-9(18)16-8-11(12,13)14/h17H,3-8H2,1-2H3,(H2,15,16,18). The minimum absolute atomic E-state index is 0.00642. The molecule has 2 amide bonds. The second-order valence-electron chi connectivity index (χ2n) is 4.33. The summed E-state index contributed by atoms with van der Waals surface area (Å²) in [5.74, 6) is 0. The van der Waals surface area contributed by atoms with Crippen molar-refractivity contribution in [2.75, 3.05) is 19.7 Å². The molecule has 0 radical (unpaired) electrons. The molecule has 0 aliphatic heterocycles. The fraction of sp³-hybridized carbons (Fsp3) is 0.909. The molecule has 0 saturated heterocycles. The fourth-order valence-corrected chi connectivity index (χ4v) is 1.69. The van der Waals surface area contributed by atoms with Crippen LogP contribution in [0.3, 0.4) is 0 Å². The number of carbonyl (C=O) groups is 1. The molecule has 108 valence electrons. The lowest BCUT2D eigenvalue weighted by Gasteiger charge is -2.31. The molecule has 0 unspecified atom stereocenters. The van der Waals surface area contributed by atoms with Gasteiger partial charge in [-0.3, -0.25) is 0 Å². The van der Waals surface area contributed by atoms with E-state index >= 15 is 0 Å². The highest BCUT2D eigenvalue weighted by Crippen LogP contribution is 2.29. The Morgan fingerprint density at radius 2 is 1.61 bits per heavy atom. The van der Waals surface area contributed by atoms with Crippen molar-refractivity contribution >= 4 is 6.03 Å². The van der Waals surface area contributed by atoms with Crippen molar-refractivity contribution in [2.45, 2.75) is 39.3 Å². The molecule has 7 heteroatoms. The van der Waals surface area contributed by atoms with Gasteiger partial charge in [-0.05, 0) is 24.7 Å². The Kier molecular flexibility index (Phi) is 7.05. The first-order valence-electron chi connectivity index (χ1n) is 5.98. The van der Waals surface area contributed by atoms with Gasteiger partial charge in [-0.25, -0.2) is 4.79 Å². The Morgan fingerprint density at radius 3 is 2.00 bits per heavy atom. The number of urea groups is 1. The SMILES string of the molecule is CCC(CC)(CCO)CNC(=O)NCC(F)(F)F. The van der Waals surface area contributed by atoms with Gasteiger partial charge in [-0.1, -0.05) is 13.8 Å². The Balaban J connectivity index is 4.15. The molecule has 0 heterocycles. The van der Waals surface area contributed by atoms with Crippen molar-refractivity contribution in [2.24, 2.45) is 5.41 Å². The maximum Gasteiger partial charge on any atom is 0.405 e. The molecule has 0 aliphatic rings. The number of alkyl halides is 3. The molecule has 0 aromatic rings. The Hall–Kier alpha value is -0.980. The number of hydrogen-bond acceptors (Lipinski definition) is 2. The highest BCUT2D eigenvalue weighted by Gasteiger charge is 2.29. The predicted molar refractivity (Wildman–Crippen MR) is 62.2 cm³/mol. The van der Waals surface area contributed by atoms with Gasteiger partial charge in [0.1, 0.15) is 6.54 Å². The van der Waals surface area contributed by atoms with Crippen LogP contribution in [0.15, 0.2) is 0 Å². The zero-order valence-corrected chi connectivity index (χ0v) is 10.7. The van der Waals surface area contributed by atoms with Crippen LogP contribution in [0.4, 0.5) is 18.0 Å². The van der Waals surface area contributed by atoms with Crippen molar-refractivity contribution in [1.29, 1.82) is 0 Å². The van der Waals surface area contributed by atoms with Gasteiger partial charge in [0, 0.05) is 13.2 Å². The second kappa shape index (κ2) is 7.45. The Morgan fingerprint density at radius 1 is 1.11 bits per heavy atom. The van der Waals surface area contributed by atoms with Crippen LogP contribution in [0, 0.1) is 5.41 Å². The van der Waals surface area contributed by atoms with E-state index in [-0.39, 0.29) is 18.6 Å². The van der Waals surface area contributed by atoms with E-state index < -0.39 is 18.8 Å². The first-order chi connectivity index (χ1) is 8.28. The van der Waals surface area contributed by atoms with Crippen LogP contribution in [-0.4, -0.2) is 37.0 Å². The molecule has 0 rings (SSSR count). The van der Waals surface area contributed by atoms with Gasteiger partial charge in [0.2, 0.25) is 0 Å². The number of amides is 2. The van der Waals surface area contributed by atoms with E-state index in [2.05, 4.69) is 5.32 Å². The molecule has 0 bridgehead atoms. The molecular weight excluding hydrogens is 249 g/mol. The average Bonchev–Trinajstić information content (AvgIpc) is 2.31. The number of halogens is 3. The first kappa shape index (κ1) is 17.0. The van der Waals surface area contributed by atoms with Crippen LogP contribution in [0.2, 0.25) is 0 Å². The molecule has 0 atom stereocenters. The summed E-state index contributed by atoms with van der Waals surface area (Å²) in [6.45, 7) is 2.75. The van der Waals surface area contributed by atoms with Gasteiger partial charge in [0.05, 0.1) is 0 Å². The molecule has 0 saturated carbocycles. The summed E-state index contributed by atoms with van der Waals surface area (Å²) in [6.07, 6.45) is -2.41. The maximum atomic E-state index is 11.9. The third-order valence-electron chi connectivity index (χ3n) is 3.22. The molecular formula is C11H21F3N2O2. The van der Waals surface area contributed by atoms with E-state index in [9.17, 15) is 18.0 Å². The zero-order valence-electron chi connectivity index (χ0n) is 10.7. The van der Waals surface area contributed by atoms with Gasteiger partial charge in [-0.15, -0.1) is 0 Å². The van der Waals surface area contributed by atoms with Gasteiger partial charge < -0.3 is 15.7 Å². The summed E-state index contributed by atoms with van der Waals surface area (Å²) >= 11 is 0. The number of nitrogens with one attached hydrogen (secondary N) is 2. The smallest absolute Gasteiger partial charge is 0.396 e. The summed E-state index contributed by atoms with van der Waals surface area (Å²) in [7, 11) is 0. The zero-order chi connectivity index (χ0) is 14.2. The average molecular weight is 270 g/mol. The van der Waals surface area contributed by atoms with Crippen molar-refractivity contribution in [3.05, 3.63) is 0 Å². The van der Waals surface area contributed by atoms with Gasteiger partial charge >= 0.3 is 12.2 Å². The maximum absolute atomic E-state index is 11.9. The first-order valence-corrected chi connectivity index (χ1v) is 5.98. The van der Waals surface area contributed by atoms with Crippen molar-refractivity contribution in [3.8, 4) is 0 Å². The Bertz CT molecular complexity index is 253. The van der Waals surface area contributed by atoms with E-state index in [0.29, 0.717) is 6.42 Å². The van der Waals surface area contributed by atoms with Crippen LogP contribution in [-0.2, 0) is 0 Å². The molecule has 4 nitrogen and oxygen atoms in total.